The van der Waals surface area contributed by atoms with E-state index in [1.54, 1.807) is 18.5 Å². The molecule has 0 aliphatic heterocycles. The van der Waals surface area contributed by atoms with Gasteiger partial charge >= 0.3 is 5.97 Å². The molecule has 1 aromatic carbocycles. The normalized spacial score (nSPS) is 14.3. The number of aromatic nitrogens is 3. The zero-order valence-corrected chi connectivity index (χ0v) is 12.6. The molecule has 104 valence electrons. The average Bonchev–Trinajstić information content (AvgIpc) is 3.14. The van der Waals surface area contributed by atoms with E-state index in [4.69, 9.17) is 4.74 Å². The second-order valence-electron chi connectivity index (χ2n) is 4.98. The van der Waals surface area contributed by atoms with Crippen molar-refractivity contribution >= 4 is 21.9 Å². The van der Waals surface area contributed by atoms with Gasteiger partial charge in [0, 0.05) is 10.5 Å². The third kappa shape index (κ3) is 2.90. The van der Waals surface area contributed by atoms with Gasteiger partial charge in [-0.2, -0.15) is 0 Å². The number of rotatable bonds is 4. The molecule has 1 aliphatic carbocycles. The Morgan fingerprint density at radius 2 is 2.25 bits per heavy atom. The van der Waals surface area contributed by atoms with Crippen molar-refractivity contribution in [1.82, 2.24) is 14.8 Å². The van der Waals surface area contributed by atoms with E-state index in [1.807, 2.05) is 17.6 Å². The summed E-state index contributed by atoms with van der Waals surface area (Å²) in [7, 11) is 0. The molecule has 0 amide bonds. The van der Waals surface area contributed by atoms with Crippen LogP contribution >= 0.6 is 15.9 Å². The molecule has 1 aromatic heterocycles. The Morgan fingerprint density at radius 1 is 1.45 bits per heavy atom. The molecule has 0 spiro atoms. The SMILES string of the molecule is Cc1cc(Br)cc(C(=O)OCc2nncn2C2CC2)c1. The first-order valence-corrected chi connectivity index (χ1v) is 7.25. The Labute approximate surface area is 125 Å². The number of hydrogen-bond donors (Lipinski definition) is 0. The first-order valence-electron chi connectivity index (χ1n) is 6.46. The maximum Gasteiger partial charge on any atom is 0.338 e. The molecular formula is C14H14BrN3O2. The van der Waals surface area contributed by atoms with Crippen LogP contribution in [0.15, 0.2) is 29.0 Å². The highest BCUT2D eigenvalue weighted by molar-refractivity contribution is 9.10. The Balaban J connectivity index is 1.68. The topological polar surface area (TPSA) is 57.0 Å². The van der Waals surface area contributed by atoms with Crippen LogP contribution in [-0.4, -0.2) is 20.7 Å². The number of hydrogen-bond acceptors (Lipinski definition) is 4. The first kappa shape index (κ1) is 13.3. The molecule has 2 aromatic rings. The molecule has 0 bridgehead atoms. The van der Waals surface area contributed by atoms with Crippen LogP contribution in [0.4, 0.5) is 0 Å². The van der Waals surface area contributed by atoms with Crippen LogP contribution < -0.4 is 0 Å². The molecule has 3 rings (SSSR count). The summed E-state index contributed by atoms with van der Waals surface area (Å²) in [6.45, 7) is 2.09. The third-order valence-corrected chi connectivity index (χ3v) is 3.66. The summed E-state index contributed by atoms with van der Waals surface area (Å²) in [6.07, 6.45) is 3.98. The van der Waals surface area contributed by atoms with Crippen molar-refractivity contribution in [2.24, 2.45) is 0 Å². The summed E-state index contributed by atoms with van der Waals surface area (Å²) < 4.78 is 8.17. The molecule has 1 fully saturated rings. The van der Waals surface area contributed by atoms with E-state index < -0.39 is 0 Å². The van der Waals surface area contributed by atoms with Crippen molar-refractivity contribution in [3.63, 3.8) is 0 Å². The van der Waals surface area contributed by atoms with Gasteiger partial charge in [0.2, 0.25) is 0 Å². The first-order chi connectivity index (χ1) is 9.63. The second-order valence-corrected chi connectivity index (χ2v) is 5.89. The molecule has 1 heterocycles. The fraction of sp³-hybridized carbons (Fsp3) is 0.357. The van der Waals surface area contributed by atoms with E-state index in [0.717, 1.165) is 22.9 Å². The van der Waals surface area contributed by atoms with E-state index in [-0.39, 0.29) is 12.6 Å². The van der Waals surface area contributed by atoms with Crippen molar-refractivity contribution in [3.8, 4) is 0 Å². The van der Waals surface area contributed by atoms with Crippen LogP contribution in [0, 0.1) is 6.92 Å². The number of ether oxygens (including phenoxy) is 1. The highest BCUT2D eigenvalue weighted by Gasteiger charge is 2.26. The highest BCUT2D eigenvalue weighted by Crippen LogP contribution is 2.35. The zero-order chi connectivity index (χ0) is 14.1. The van der Waals surface area contributed by atoms with Gasteiger partial charge < -0.3 is 9.30 Å². The summed E-state index contributed by atoms with van der Waals surface area (Å²) in [5.74, 6) is 0.354. The lowest BCUT2D eigenvalue weighted by atomic mass is 10.1. The summed E-state index contributed by atoms with van der Waals surface area (Å²) in [5, 5.41) is 7.88. The molecule has 1 saturated carbocycles. The molecule has 6 heteroatoms. The van der Waals surface area contributed by atoms with Gasteiger partial charge in [-0.15, -0.1) is 10.2 Å². The lowest BCUT2D eigenvalue weighted by Crippen LogP contribution is -2.09. The van der Waals surface area contributed by atoms with Crippen molar-refractivity contribution in [2.45, 2.75) is 32.4 Å². The van der Waals surface area contributed by atoms with Crippen LogP contribution in [0.2, 0.25) is 0 Å². The van der Waals surface area contributed by atoms with E-state index in [1.165, 1.54) is 0 Å². The molecule has 0 saturated heterocycles. The molecule has 0 radical (unpaired) electrons. The van der Waals surface area contributed by atoms with Crippen LogP contribution in [-0.2, 0) is 11.3 Å². The minimum Gasteiger partial charge on any atom is -0.454 e. The Hall–Kier alpha value is -1.69. The fourth-order valence-electron chi connectivity index (χ4n) is 2.10. The van der Waals surface area contributed by atoms with Gasteiger partial charge in [-0.25, -0.2) is 4.79 Å². The highest BCUT2D eigenvalue weighted by atomic mass is 79.9. The molecule has 20 heavy (non-hydrogen) atoms. The number of esters is 1. The van der Waals surface area contributed by atoms with E-state index >= 15 is 0 Å². The number of benzene rings is 1. The monoisotopic (exact) mass is 335 g/mol. The molecule has 1 aliphatic rings. The quantitative estimate of drug-likeness (QED) is 0.806. The van der Waals surface area contributed by atoms with Crippen LogP contribution in [0.25, 0.3) is 0 Å². The predicted octanol–water partition coefficient (Wildman–Crippen LogP) is 3.04. The van der Waals surface area contributed by atoms with Gasteiger partial charge in [-0.1, -0.05) is 15.9 Å². The van der Waals surface area contributed by atoms with Gasteiger partial charge in [0.05, 0.1) is 5.56 Å². The Kier molecular flexibility index (Phi) is 3.56. The maximum absolute atomic E-state index is 12.0. The van der Waals surface area contributed by atoms with Gasteiger partial charge in [-0.3, -0.25) is 0 Å². The van der Waals surface area contributed by atoms with Crippen LogP contribution in [0.1, 0.15) is 40.6 Å². The summed E-state index contributed by atoms with van der Waals surface area (Å²) >= 11 is 3.38. The smallest absolute Gasteiger partial charge is 0.338 e. The van der Waals surface area contributed by atoms with E-state index in [9.17, 15) is 4.79 Å². The zero-order valence-electron chi connectivity index (χ0n) is 11.0. The van der Waals surface area contributed by atoms with Gasteiger partial charge in [0.25, 0.3) is 0 Å². The summed E-state index contributed by atoms with van der Waals surface area (Å²) in [4.78, 5) is 12.0. The van der Waals surface area contributed by atoms with Crippen LogP contribution in [0.5, 0.6) is 0 Å². The number of carbonyl (C=O) groups is 1. The lowest BCUT2D eigenvalue weighted by molar-refractivity contribution is 0.0457. The Morgan fingerprint density at radius 3 is 2.95 bits per heavy atom. The number of halogens is 1. The fourth-order valence-corrected chi connectivity index (χ4v) is 2.70. The van der Waals surface area contributed by atoms with Crippen molar-refractivity contribution < 1.29 is 9.53 Å². The minimum absolute atomic E-state index is 0.154. The average molecular weight is 336 g/mol. The molecule has 0 atom stereocenters. The molecular weight excluding hydrogens is 322 g/mol. The van der Waals surface area contributed by atoms with Gasteiger partial charge in [0.15, 0.2) is 12.4 Å². The van der Waals surface area contributed by atoms with E-state index in [0.29, 0.717) is 17.4 Å². The number of aryl methyl sites for hydroxylation is 1. The largest absolute Gasteiger partial charge is 0.454 e. The maximum atomic E-state index is 12.0. The van der Waals surface area contributed by atoms with Gasteiger partial charge in [-0.05, 0) is 43.5 Å². The van der Waals surface area contributed by atoms with E-state index in [2.05, 4.69) is 26.1 Å². The lowest BCUT2D eigenvalue weighted by Gasteiger charge is -2.07. The number of nitrogens with zero attached hydrogens (tertiary/aromatic N) is 3. The molecule has 5 nitrogen and oxygen atoms in total. The standard InChI is InChI=1S/C14H14BrN3O2/c1-9-4-10(6-11(15)5-9)14(19)20-7-13-17-16-8-18(13)12-2-3-12/h4-6,8,12H,2-3,7H2,1H3. The van der Waals surface area contributed by atoms with Crippen molar-refractivity contribution in [2.75, 3.05) is 0 Å². The molecule has 0 N–H and O–H groups in total. The second kappa shape index (κ2) is 5.36. The van der Waals surface area contributed by atoms with Crippen molar-refractivity contribution in [1.29, 1.82) is 0 Å². The number of carbonyl (C=O) groups excluding carboxylic acids is 1. The third-order valence-electron chi connectivity index (χ3n) is 3.20. The predicted molar refractivity (Wildman–Crippen MR) is 76.3 cm³/mol. The minimum atomic E-state index is -0.347. The molecule has 0 unspecified atom stereocenters. The van der Waals surface area contributed by atoms with Crippen molar-refractivity contribution in [3.05, 3.63) is 46.0 Å². The van der Waals surface area contributed by atoms with Gasteiger partial charge in [0.1, 0.15) is 6.33 Å². The van der Waals surface area contributed by atoms with Crippen LogP contribution in [0.3, 0.4) is 0 Å². The summed E-state index contributed by atoms with van der Waals surface area (Å²) in [6, 6.07) is 5.98. The Bertz CT molecular complexity index is 629. The summed E-state index contributed by atoms with van der Waals surface area (Å²) in [5.41, 5.74) is 1.54.